The lowest BCUT2D eigenvalue weighted by Crippen LogP contribution is -1.87. The second-order valence-electron chi connectivity index (χ2n) is 4.18. The van der Waals surface area contributed by atoms with Crippen molar-refractivity contribution in [1.82, 2.24) is 9.97 Å². The summed E-state index contributed by atoms with van der Waals surface area (Å²) in [4.78, 5) is 17.7. The van der Waals surface area contributed by atoms with Crippen LogP contribution in [0.25, 0.3) is 11.3 Å². The average Bonchev–Trinajstić information content (AvgIpc) is 2.71. The molecule has 4 heteroatoms. The molecule has 88 valence electrons. The normalized spacial score (nSPS) is 10.8. The fourth-order valence-electron chi connectivity index (χ4n) is 1.64. The minimum Gasteiger partial charge on any atom is -0.330 e. The third-order valence-corrected chi connectivity index (χ3v) is 3.21. The zero-order valence-electron chi connectivity index (χ0n) is 9.70. The van der Waals surface area contributed by atoms with E-state index < -0.39 is 0 Å². The molecular formula is C13H13BrN2O. The minimum absolute atomic E-state index is 0.333. The third kappa shape index (κ3) is 2.47. The zero-order valence-corrected chi connectivity index (χ0v) is 11.3. The lowest BCUT2D eigenvalue weighted by atomic mass is 10.0. The number of aromatic nitrogens is 2. The molecule has 2 aromatic rings. The summed E-state index contributed by atoms with van der Waals surface area (Å²) < 4.78 is 0.733. The Balaban J connectivity index is 2.39. The molecule has 0 aliphatic rings. The summed E-state index contributed by atoms with van der Waals surface area (Å²) in [6.45, 7) is 4.31. The van der Waals surface area contributed by atoms with E-state index in [4.69, 9.17) is 0 Å². The van der Waals surface area contributed by atoms with E-state index in [9.17, 15) is 4.79 Å². The van der Waals surface area contributed by atoms with Crippen LogP contribution in [0.4, 0.5) is 0 Å². The molecule has 1 heterocycles. The van der Waals surface area contributed by atoms with Gasteiger partial charge >= 0.3 is 0 Å². The van der Waals surface area contributed by atoms with Crippen LogP contribution in [-0.2, 0) is 0 Å². The van der Waals surface area contributed by atoms with Gasteiger partial charge < -0.3 is 4.98 Å². The molecule has 0 aliphatic carbocycles. The lowest BCUT2D eigenvalue weighted by molar-refractivity contribution is 0.111. The number of carbonyl (C=O) groups excluding carboxylic acids is 1. The fourth-order valence-corrected chi connectivity index (χ4v) is 2.16. The predicted octanol–water partition coefficient (Wildman–Crippen LogP) is 3.78. The molecule has 0 spiro atoms. The average molecular weight is 293 g/mol. The van der Waals surface area contributed by atoms with Gasteiger partial charge in [-0.25, -0.2) is 4.98 Å². The van der Waals surface area contributed by atoms with Crippen LogP contribution < -0.4 is 0 Å². The van der Waals surface area contributed by atoms with Gasteiger partial charge in [0, 0.05) is 5.56 Å². The van der Waals surface area contributed by atoms with Crippen molar-refractivity contribution in [2.24, 2.45) is 0 Å². The molecule has 0 amide bonds. The lowest BCUT2D eigenvalue weighted by Gasteiger charge is -2.05. The monoisotopic (exact) mass is 292 g/mol. The maximum atomic E-state index is 10.6. The summed E-state index contributed by atoms with van der Waals surface area (Å²) >= 11 is 3.37. The first-order chi connectivity index (χ1) is 8.11. The van der Waals surface area contributed by atoms with Crippen molar-refractivity contribution in [2.45, 2.75) is 19.8 Å². The molecule has 1 aromatic carbocycles. The molecule has 0 saturated heterocycles. The van der Waals surface area contributed by atoms with E-state index in [0.717, 1.165) is 15.9 Å². The Bertz CT molecular complexity index is 529. The summed E-state index contributed by atoms with van der Waals surface area (Å²) in [6, 6.07) is 8.21. The van der Waals surface area contributed by atoms with E-state index in [1.54, 1.807) is 0 Å². The standard InChI is InChI=1S/C13H13BrN2O/c1-8(2)9-3-5-10(6-4-9)12-13(14)16-11(7-17)15-12/h3-8H,1-2H3,(H,15,16). The third-order valence-electron chi connectivity index (χ3n) is 2.64. The smallest absolute Gasteiger partial charge is 0.185 e. The van der Waals surface area contributed by atoms with Gasteiger partial charge in [0.05, 0.1) is 0 Å². The van der Waals surface area contributed by atoms with Crippen LogP contribution in [0.3, 0.4) is 0 Å². The number of nitrogens with zero attached hydrogens (tertiary/aromatic N) is 1. The topological polar surface area (TPSA) is 45.8 Å². The van der Waals surface area contributed by atoms with Crippen molar-refractivity contribution in [1.29, 1.82) is 0 Å². The summed E-state index contributed by atoms with van der Waals surface area (Å²) in [5.74, 6) is 0.844. The number of hydrogen-bond donors (Lipinski definition) is 1. The molecule has 0 saturated carbocycles. The van der Waals surface area contributed by atoms with Gasteiger partial charge in [-0.15, -0.1) is 0 Å². The van der Waals surface area contributed by atoms with E-state index in [-0.39, 0.29) is 0 Å². The van der Waals surface area contributed by atoms with E-state index in [2.05, 4.69) is 51.9 Å². The second-order valence-corrected chi connectivity index (χ2v) is 4.97. The second kappa shape index (κ2) is 4.84. The molecule has 0 atom stereocenters. The van der Waals surface area contributed by atoms with Crippen molar-refractivity contribution in [3.8, 4) is 11.3 Å². The number of H-pyrrole nitrogens is 1. The van der Waals surface area contributed by atoms with Crippen molar-refractivity contribution >= 4 is 22.2 Å². The summed E-state index contributed by atoms with van der Waals surface area (Å²) in [6.07, 6.45) is 0.705. The number of carbonyl (C=O) groups is 1. The zero-order chi connectivity index (χ0) is 12.4. The first kappa shape index (κ1) is 12.0. The predicted molar refractivity (Wildman–Crippen MR) is 71.2 cm³/mol. The SMILES string of the molecule is CC(C)c1ccc(-c2nc(C=O)[nH]c2Br)cc1. The highest BCUT2D eigenvalue weighted by atomic mass is 79.9. The number of imidazole rings is 1. The minimum atomic E-state index is 0.333. The van der Waals surface area contributed by atoms with Gasteiger partial charge in [-0.2, -0.15) is 0 Å². The summed E-state index contributed by atoms with van der Waals surface area (Å²) in [7, 11) is 0. The Morgan fingerprint density at radius 3 is 2.41 bits per heavy atom. The molecular weight excluding hydrogens is 280 g/mol. The molecule has 0 unspecified atom stereocenters. The summed E-state index contributed by atoms with van der Waals surface area (Å²) in [5, 5.41) is 0. The first-order valence-corrected chi connectivity index (χ1v) is 6.22. The quantitative estimate of drug-likeness (QED) is 0.875. The molecule has 0 aliphatic heterocycles. The van der Waals surface area contributed by atoms with E-state index in [1.807, 2.05) is 12.1 Å². The molecule has 2 rings (SSSR count). The van der Waals surface area contributed by atoms with Crippen molar-refractivity contribution < 1.29 is 4.79 Å². The van der Waals surface area contributed by atoms with Gasteiger partial charge in [-0.05, 0) is 27.4 Å². The maximum absolute atomic E-state index is 10.6. The fraction of sp³-hybridized carbons (Fsp3) is 0.231. The number of aldehydes is 1. The van der Waals surface area contributed by atoms with Crippen molar-refractivity contribution in [2.75, 3.05) is 0 Å². The van der Waals surface area contributed by atoms with E-state index in [1.165, 1.54) is 5.56 Å². The van der Waals surface area contributed by atoms with Gasteiger partial charge in [-0.1, -0.05) is 38.1 Å². The van der Waals surface area contributed by atoms with Gasteiger partial charge in [0.25, 0.3) is 0 Å². The van der Waals surface area contributed by atoms with Crippen LogP contribution in [0.2, 0.25) is 0 Å². The number of hydrogen-bond acceptors (Lipinski definition) is 2. The molecule has 0 radical (unpaired) electrons. The van der Waals surface area contributed by atoms with E-state index >= 15 is 0 Å². The van der Waals surface area contributed by atoms with Crippen molar-refractivity contribution in [3.63, 3.8) is 0 Å². The Hall–Kier alpha value is -1.42. The Morgan fingerprint density at radius 1 is 1.29 bits per heavy atom. The van der Waals surface area contributed by atoms with Crippen LogP contribution in [0.1, 0.15) is 35.9 Å². The highest BCUT2D eigenvalue weighted by Gasteiger charge is 2.09. The number of rotatable bonds is 3. The largest absolute Gasteiger partial charge is 0.330 e. The molecule has 0 fully saturated rings. The first-order valence-electron chi connectivity index (χ1n) is 5.43. The van der Waals surface area contributed by atoms with Crippen LogP contribution >= 0.6 is 15.9 Å². The highest BCUT2D eigenvalue weighted by Crippen LogP contribution is 2.27. The van der Waals surface area contributed by atoms with Crippen LogP contribution in [0, 0.1) is 0 Å². The van der Waals surface area contributed by atoms with Crippen LogP contribution in [0.15, 0.2) is 28.9 Å². The molecule has 17 heavy (non-hydrogen) atoms. The molecule has 3 nitrogen and oxygen atoms in total. The maximum Gasteiger partial charge on any atom is 0.185 e. The molecule has 1 aromatic heterocycles. The number of aromatic amines is 1. The number of benzene rings is 1. The van der Waals surface area contributed by atoms with Crippen LogP contribution in [0.5, 0.6) is 0 Å². The highest BCUT2D eigenvalue weighted by molar-refractivity contribution is 9.10. The van der Waals surface area contributed by atoms with Gasteiger partial charge in [0.1, 0.15) is 10.3 Å². The molecule has 1 N–H and O–H groups in total. The van der Waals surface area contributed by atoms with Gasteiger partial charge in [0.15, 0.2) is 12.1 Å². The Labute approximate surface area is 108 Å². The van der Waals surface area contributed by atoms with Crippen molar-refractivity contribution in [3.05, 3.63) is 40.3 Å². The Morgan fingerprint density at radius 2 is 1.94 bits per heavy atom. The van der Waals surface area contributed by atoms with Gasteiger partial charge in [-0.3, -0.25) is 4.79 Å². The summed E-state index contributed by atoms with van der Waals surface area (Å²) in [5.41, 5.74) is 3.05. The van der Waals surface area contributed by atoms with Crippen LogP contribution in [-0.4, -0.2) is 16.3 Å². The van der Waals surface area contributed by atoms with E-state index in [0.29, 0.717) is 18.0 Å². The Kier molecular flexibility index (Phi) is 3.43. The molecule has 0 bridgehead atoms. The van der Waals surface area contributed by atoms with Gasteiger partial charge in [0.2, 0.25) is 0 Å². The number of halogens is 1. The number of nitrogens with one attached hydrogen (secondary N) is 1.